The molecule has 0 aliphatic heterocycles. The number of aromatic amines is 1. The van der Waals surface area contributed by atoms with E-state index in [9.17, 15) is 4.79 Å². The number of aromatic nitrogens is 2. The Morgan fingerprint density at radius 3 is 2.64 bits per heavy atom. The highest BCUT2D eigenvalue weighted by Gasteiger charge is 2.32. The molecule has 0 saturated carbocycles. The number of rotatable bonds is 6. The van der Waals surface area contributed by atoms with Crippen molar-refractivity contribution in [3.05, 3.63) is 76.4 Å². The van der Waals surface area contributed by atoms with E-state index in [4.69, 9.17) is 4.74 Å². The third-order valence-corrected chi connectivity index (χ3v) is 4.46. The van der Waals surface area contributed by atoms with E-state index in [1.807, 2.05) is 43.5 Å². The third-order valence-electron chi connectivity index (χ3n) is 4.46. The molecule has 1 unspecified atom stereocenters. The number of H-pyrrole nitrogens is 1. The smallest absolute Gasteiger partial charge is 0.255 e. The maximum absolute atomic E-state index is 13.3. The number of hydrogen-bond acceptors (Lipinski definition) is 2. The van der Waals surface area contributed by atoms with E-state index >= 15 is 0 Å². The van der Waals surface area contributed by atoms with Gasteiger partial charge in [0.2, 0.25) is 5.78 Å². The molecule has 0 spiro atoms. The average molecular weight is 335 g/mol. The van der Waals surface area contributed by atoms with Crippen molar-refractivity contribution in [2.45, 2.75) is 39.2 Å². The summed E-state index contributed by atoms with van der Waals surface area (Å²) in [5.74, 6) is 1.84. The van der Waals surface area contributed by atoms with Crippen LogP contribution in [0.5, 0.6) is 0 Å². The Bertz CT molecular complexity index is 880. The number of imidazole rings is 1. The van der Waals surface area contributed by atoms with Crippen molar-refractivity contribution in [3.63, 3.8) is 0 Å². The third kappa shape index (κ3) is 3.51. The van der Waals surface area contributed by atoms with Crippen molar-refractivity contribution in [1.29, 1.82) is 0 Å². The Morgan fingerprint density at radius 2 is 2.04 bits per heavy atom. The van der Waals surface area contributed by atoms with E-state index in [1.165, 1.54) is 0 Å². The molecule has 128 valence electrons. The van der Waals surface area contributed by atoms with Gasteiger partial charge in [0.1, 0.15) is 17.6 Å². The molecule has 0 amide bonds. The second-order valence-electron chi connectivity index (χ2n) is 6.18. The van der Waals surface area contributed by atoms with E-state index in [1.54, 1.807) is 7.11 Å². The predicted octanol–water partition coefficient (Wildman–Crippen LogP) is 3.34. The molecule has 4 nitrogen and oxygen atoms in total. The molecule has 1 aromatic carbocycles. The van der Waals surface area contributed by atoms with Gasteiger partial charge in [-0.25, -0.2) is 9.55 Å². The van der Waals surface area contributed by atoms with E-state index in [0.29, 0.717) is 18.4 Å². The number of allylic oxidation sites excluding steroid dienone is 2. The van der Waals surface area contributed by atoms with E-state index < -0.39 is 6.04 Å². The van der Waals surface area contributed by atoms with Crippen LogP contribution in [0, 0.1) is 6.92 Å². The molecule has 1 aromatic heterocycles. The maximum atomic E-state index is 13.3. The summed E-state index contributed by atoms with van der Waals surface area (Å²) in [6, 6.07) is 9.51. The standard InChI is InChI=1S/C21H22N2O2/c1-4-19-22-15(2)14-23(19)20(16-8-6-5-7-9-16)21(24)17-10-12-18(25-3)13-11-17/h5-9,14,20H,4,10,12H2,1-3H3/p+1. The van der Waals surface area contributed by atoms with Gasteiger partial charge in [-0.15, -0.1) is 0 Å². The zero-order chi connectivity index (χ0) is 17.8. The minimum Gasteiger partial charge on any atom is -0.492 e. The topological polar surface area (TPSA) is 46.0 Å². The van der Waals surface area contributed by atoms with Gasteiger partial charge in [-0.3, -0.25) is 4.79 Å². The summed E-state index contributed by atoms with van der Waals surface area (Å²) in [4.78, 5) is 16.7. The lowest BCUT2D eigenvalue weighted by molar-refractivity contribution is -0.705. The Labute approximate surface area is 148 Å². The van der Waals surface area contributed by atoms with Gasteiger partial charge in [0.05, 0.1) is 12.7 Å². The van der Waals surface area contributed by atoms with Gasteiger partial charge in [-0.2, -0.15) is 0 Å². The summed E-state index contributed by atoms with van der Waals surface area (Å²) in [6.45, 7) is 4.09. The van der Waals surface area contributed by atoms with Crippen LogP contribution in [0.3, 0.4) is 0 Å². The zero-order valence-electron chi connectivity index (χ0n) is 14.9. The minimum atomic E-state index is -0.394. The molecule has 0 radical (unpaired) electrons. The van der Waals surface area contributed by atoms with Crippen molar-refractivity contribution in [1.82, 2.24) is 4.98 Å². The molecule has 1 N–H and O–H groups in total. The fraction of sp³-hybridized carbons (Fsp3) is 0.333. The van der Waals surface area contributed by atoms with Crippen LogP contribution >= 0.6 is 0 Å². The Morgan fingerprint density at radius 1 is 1.28 bits per heavy atom. The van der Waals surface area contributed by atoms with E-state index in [2.05, 4.69) is 27.9 Å². The molecular weight excluding hydrogens is 312 g/mol. The van der Waals surface area contributed by atoms with Crippen LogP contribution in [0.1, 0.15) is 42.9 Å². The molecule has 1 heterocycles. The molecular formula is C21H23N2O2+. The number of nitrogens with zero attached hydrogens (tertiary/aromatic N) is 1. The van der Waals surface area contributed by atoms with Crippen molar-refractivity contribution in [2.24, 2.45) is 0 Å². The number of ketones is 1. The van der Waals surface area contributed by atoms with Gasteiger partial charge in [-0.1, -0.05) is 43.0 Å². The highest BCUT2D eigenvalue weighted by Crippen LogP contribution is 2.23. The average Bonchev–Trinajstić information content (AvgIpc) is 3.03. The lowest BCUT2D eigenvalue weighted by atomic mass is 9.93. The SMILES string of the molecule is CCc1[nH]c(C)c[n+]1C(C(=O)C1=C=C=C(OC)CC1)c1ccccc1. The number of benzene rings is 1. The first kappa shape index (κ1) is 17.0. The van der Waals surface area contributed by atoms with Gasteiger partial charge in [-0.05, 0) is 12.2 Å². The van der Waals surface area contributed by atoms with Crippen LogP contribution in [0.4, 0.5) is 0 Å². The Hall–Kier alpha value is -2.80. The van der Waals surface area contributed by atoms with Crippen LogP contribution in [-0.2, 0) is 16.0 Å². The lowest BCUT2D eigenvalue weighted by Gasteiger charge is -2.17. The number of Topliss-reactive ketones (excluding diaryl/α,β-unsaturated/α-hetero) is 1. The van der Waals surface area contributed by atoms with Crippen molar-refractivity contribution in [2.75, 3.05) is 7.11 Å². The number of aryl methyl sites for hydroxylation is 2. The molecule has 25 heavy (non-hydrogen) atoms. The predicted molar refractivity (Wildman–Crippen MR) is 95.0 cm³/mol. The molecule has 4 heteroatoms. The molecule has 0 fully saturated rings. The second-order valence-corrected chi connectivity index (χ2v) is 6.18. The number of hydrogen-bond donors (Lipinski definition) is 1. The summed E-state index contributed by atoms with van der Waals surface area (Å²) >= 11 is 0. The van der Waals surface area contributed by atoms with Crippen LogP contribution in [-0.4, -0.2) is 17.9 Å². The van der Waals surface area contributed by atoms with Crippen molar-refractivity contribution < 1.29 is 14.1 Å². The van der Waals surface area contributed by atoms with E-state index in [-0.39, 0.29) is 5.78 Å². The summed E-state index contributed by atoms with van der Waals surface area (Å²) < 4.78 is 7.25. The van der Waals surface area contributed by atoms with Crippen LogP contribution < -0.4 is 4.57 Å². The van der Waals surface area contributed by atoms with Gasteiger partial charge in [0.25, 0.3) is 5.82 Å². The molecule has 2 aromatic rings. The zero-order valence-corrected chi connectivity index (χ0v) is 14.9. The number of ether oxygens (including phenoxy) is 1. The highest BCUT2D eigenvalue weighted by atomic mass is 16.5. The first-order chi connectivity index (χ1) is 12.1. The van der Waals surface area contributed by atoms with Gasteiger partial charge < -0.3 is 4.74 Å². The number of carbonyl (C=O) groups excluding carboxylic acids is 1. The molecule has 3 rings (SSSR count). The van der Waals surface area contributed by atoms with Crippen LogP contribution in [0.2, 0.25) is 0 Å². The summed E-state index contributed by atoms with van der Waals surface area (Å²) in [5, 5.41) is 0. The summed E-state index contributed by atoms with van der Waals surface area (Å²) in [7, 11) is 1.62. The number of carbonyl (C=O) groups is 1. The normalized spacial score (nSPS) is 14.7. The number of nitrogens with one attached hydrogen (secondary N) is 1. The Kier molecular flexibility index (Phi) is 5.04. The van der Waals surface area contributed by atoms with Crippen molar-refractivity contribution in [3.8, 4) is 0 Å². The largest absolute Gasteiger partial charge is 0.492 e. The van der Waals surface area contributed by atoms with Crippen LogP contribution in [0.15, 0.2) is 59.3 Å². The molecule has 1 aliphatic rings. The first-order valence-electron chi connectivity index (χ1n) is 8.60. The van der Waals surface area contributed by atoms with Crippen molar-refractivity contribution >= 4 is 5.78 Å². The summed E-state index contributed by atoms with van der Waals surface area (Å²) in [6.07, 6.45) is 4.15. The maximum Gasteiger partial charge on any atom is 0.255 e. The van der Waals surface area contributed by atoms with Crippen LogP contribution in [0.25, 0.3) is 0 Å². The second kappa shape index (κ2) is 7.40. The van der Waals surface area contributed by atoms with Gasteiger partial charge >= 0.3 is 0 Å². The lowest BCUT2D eigenvalue weighted by Crippen LogP contribution is -2.46. The van der Waals surface area contributed by atoms with E-state index in [0.717, 1.165) is 29.3 Å². The first-order valence-corrected chi connectivity index (χ1v) is 8.60. The van der Waals surface area contributed by atoms with Gasteiger partial charge in [0.15, 0.2) is 6.04 Å². The highest BCUT2D eigenvalue weighted by molar-refractivity contribution is 5.99. The summed E-state index contributed by atoms with van der Waals surface area (Å²) in [5.41, 5.74) is 8.66. The minimum absolute atomic E-state index is 0.0625. The quantitative estimate of drug-likeness (QED) is 0.650. The molecule has 1 aliphatic carbocycles. The molecule has 1 atom stereocenters. The fourth-order valence-corrected chi connectivity index (χ4v) is 3.20. The molecule has 0 saturated heterocycles. The van der Waals surface area contributed by atoms with Gasteiger partial charge in [0, 0.05) is 25.3 Å². The Balaban J connectivity index is 2.11. The fourth-order valence-electron chi connectivity index (χ4n) is 3.20. The monoisotopic (exact) mass is 335 g/mol. The molecule has 0 bridgehead atoms. The number of methoxy groups -OCH3 is 1.